The number of aliphatic hydroxyl groups excluding tert-OH is 1. The minimum absolute atomic E-state index is 0.0941. The van der Waals surface area contributed by atoms with Crippen LogP contribution in [0.15, 0.2) is 12.3 Å². The van der Waals surface area contributed by atoms with Crippen molar-refractivity contribution >= 4 is 17.0 Å². The summed E-state index contributed by atoms with van der Waals surface area (Å²) in [6.07, 6.45) is 2.31. The minimum Gasteiger partial charge on any atom is -0.477 e. The van der Waals surface area contributed by atoms with Crippen molar-refractivity contribution in [3.63, 3.8) is 0 Å². The fraction of sp³-hybridized carbons (Fsp3) is 0.333. The van der Waals surface area contributed by atoms with Crippen LogP contribution in [-0.2, 0) is 0 Å². The molecule has 0 aliphatic heterocycles. The van der Waals surface area contributed by atoms with Gasteiger partial charge in [-0.1, -0.05) is 0 Å². The van der Waals surface area contributed by atoms with Crippen molar-refractivity contribution in [1.82, 2.24) is 15.0 Å². The monoisotopic (exact) mass is 208 g/mol. The quantitative estimate of drug-likeness (QED) is 0.628. The van der Waals surface area contributed by atoms with Gasteiger partial charge < -0.3 is 20.6 Å². The predicted molar refractivity (Wildman–Crippen MR) is 55.5 cm³/mol. The smallest absolute Gasteiger partial charge is 0.227 e. The van der Waals surface area contributed by atoms with Crippen LogP contribution in [0.4, 0.5) is 5.95 Å². The first-order chi connectivity index (χ1) is 7.31. The number of fused-ring (bicyclic) bond motifs is 1. The Balaban J connectivity index is 2.27. The van der Waals surface area contributed by atoms with Gasteiger partial charge in [-0.3, -0.25) is 0 Å². The predicted octanol–water partition coefficient (Wildman–Crippen LogP) is 0.301. The number of ether oxygens (including phenoxy) is 1. The van der Waals surface area contributed by atoms with E-state index in [2.05, 4.69) is 15.0 Å². The molecule has 0 bridgehead atoms. The number of aliphatic hydroxyl groups is 1. The van der Waals surface area contributed by atoms with E-state index >= 15 is 0 Å². The zero-order chi connectivity index (χ0) is 10.7. The zero-order valence-corrected chi connectivity index (χ0v) is 8.10. The first-order valence-corrected chi connectivity index (χ1v) is 4.65. The summed E-state index contributed by atoms with van der Waals surface area (Å²) >= 11 is 0. The lowest BCUT2D eigenvalue weighted by atomic mass is 10.4. The van der Waals surface area contributed by atoms with E-state index in [1.807, 2.05) is 6.07 Å². The summed E-state index contributed by atoms with van der Waals surface area (Å²) < 4.78 is 5.39. The van der Waals surface area contributed by atoms with Crippen molar-refractivity contribution in [2.75, 3.05) is 18.9 Å². The second kappa shape index (κ2) is 4.14. The number of hydrogen-bond donors (Lipinski definition) is 3. The van der Waals surface area contributed by atoms with Gasteiger partial charge in [0.2, 0.25) is 11.8 Å². The second-order valence-electron chi connectivity index (χ2n) is 3.05. The van der Waals surface area contributed by atoms with Crippen molar-refractivity contribution in [2.45, 2.75) is 6.42 Å². The third-order valence-corrected chi connectivity index (χ3v) is 1.94. The molecule has 0 fully saturated rings. The van der Waals surface area contributed by atoms with Crippen LogP contribution < -0.4 is 10.5 Å². The number of nitrogens with one attached hydrogen (secondary N) is 1. The Hall–Kier alpha value is -1.82. The summed E-state index contributed by atoms with van der Waals surface area (Å²) in [6, 6.07) is 1.82. The van der Waals surface area contributed by atoms with E-state index in [1.165, 1.54) is 0 Å². The van der Waals surface area contributed by atoms with Crippen LogP contribution in [0.25, 0.3) is 11.0 Å². The van der Waals surface area contributed by atoms with Gasteiger partial charge in [0, 0.05) is 19.2 Å². The summed E-state index contributed by atoms with van der Waals surface area (Å²) in [5.41, 5.74) is 6.17. The summed E-state index contributed by atoms with van der Waals surface area (Å²) in [4.78, 5) is 10.9. The summed E-state index contributed by atoms with van der Waals surface area (Å²) in [6.45, 7) is 0.504. The molecule has 0 saturated heterocycles. The number of nitrogens with two attached hydrogens (primary N) is 1. The van der Waals surface area contributed by atoms with Gasteiger partial charge in [0.05, 0.1) is 12.0 Å². The molecule has 6 heteroatoms. The number of H-pyrrole nitrogens is 1. The van der Waals surface area contributed by atoms with Gasteiger partial charge in [0.25, 0.3) is 0 Å². The van der Waals surface area contributed by atoms with Crippen molar-refractivity contribution in [3.05, 3.63) is 12.3 Å². The third-order valence-electron chi connectivity index (χ3n) is 1.94. The Kier molecular flexibility index (Phi) is 2.68. The summed E-state index contributed by atoms with van der Waals surface area (Å²) in [5.74, 6) is 0.621. The summed E-state index contributed by atoms with van der Waals surface area (Å²) in [7, 11) is 0. The van der Waals surface area contributed by atoms with Crippen LogP contribution in [0.3, 0.4) is 0 Å². The van der Waals surface area contributed by atoms with Crippen molar-refractivity contribution in [3.8, 4) is 5.88 Å². The number of anilines is 1. The molecule has 0 aliphatic rings. The van der Waals surface area contributed by atoms with Crippen molar-refractivity contribution in [1.29, 1.82) is 0 Å². The topological polar surface area (TPSA) is 97.0 Å². The molecule has 2 heterocycles. The molecule has 0 aromatic carbocycles. The molecule has 6 nitrogen and oxygen atoms in total. The van der Waals surface area contributed by atoms with E-state index in [-0.39, 0.29) is 12.6 Å². The minimum atomic E-state index is 0.0941. The molecule has 0 unspecified atom stereocenters. The Bertz CT molecular complexity index is 454. The molecule has 0 atom stereocenters. The van der Waals surface area contributed by atoms with E-state index in [0.717, 1.165) is 5.39 Å². The van der Waals surface area contributed by atoms with Gasteiger partial charge >= 0.3 is 0 Å². The maximum atomic E-state index is 8.63. The number of aromatic nitrogens is 3. The van der Waals surface area contributed by atoms with Gasteiger partial charge in [-0.25, -0.2) is 0 Å². The highest BCUT2D eigenvalue weighted by molar-refractivity contribution is 5.81. The molecule has 80 valence electrons. The molecule has 2 aromatic rings. The van der Waals surface area contributed by atoms with E-state index < -0.39 is 0 Å². The Morgan fingerprint density at radius 3 is 3.13 bits per heavy atom. The molecule has 0 radical (unpaired) electrons. The van der Waals surface area contributed by atoms with Crippen LogP contribution in [0.2, 0.25) is 0 Å². The average molecular weight is 208 g/mol. The molecular weight excluding hydrogens is 196 g/mol. The Labute approximate surface area is 86.1 Å². The molecule has 2 rings (SSSR count). The summed E-state index contributed by atoms with van der Waals surface area (Å²) in [5, 5.41) is 9.42. The second-order valence-corrected chi connectivity index (χ2v) is 3.05. The first kappa shape index (κ1) is 9.72. The number of hydrogen-bond acceptors (Lipinski definition) is 5. The van der Waals surface area contributed by atoms with Crippen LogP contribution in [-0.4, -0.2) is 33.3 Å². The molecule has 15 heavy (non-hydrogen) atoms. The average Bonchev–Trinajstić information content (AvgIpc) is 2.65. The van der Waals surface area contributed by atoms with Crippen molar-refractivity contribution in [2.24, 2.45) is 0 Å². The van der Waals surface area contributed by atoms with Crippen LogP contribution in [0.1, 0.15) is 6.42 Å². The van der Waals surface area contributed by atoms with E-state index in [0.29, 0.717) is 24.6 Å². The maximum absolute atomic E-state index is 8.63. The Morgan fingerprint density at radius 2 is 2.33 bits per heavy atom. The lowest BCUT2D eigenvalue weighted by Gasteiger charge is -2.05. The molecule has 0 spiro atoms. The van der Waals surface area contributed by atoms with Crippen LogP contribution in [0, 0.1) is 0 Å². The van der Waals surface area contributed by atoms with Gasteiger partial charge in [-0.15, -0.1) is 0 Å². The SMILES string of the molecule is Nc1nc(OCCCO)c2cc[nH]c2n1. The van der Waals surface area contributed by atoms with Gasteiger partial charge in [-0.2, -0.15) is 9.97 Å². The van der Waals surface area contributed by atoms with Crippen molar-refractivity contribution < 1.29 is 9.84 Å². The van der Waals surface area contributed by atoms with Crippen LogP contribution >= 0.6 is 0 Å². The zero-order valence-electron chi connectivity index (χ0n) is 8.10. The van der Waals surface area contributed by atoms with Gasteiger partial charge in [0.15, 0.2) is 0 Å². The number of nitrogens with zero attached hydrogens (tertiary/aromatic N) is 2. The largest absolute Gasteiger partial charge is 0.477 e. The highest BCUT2D eigenvalue weighted by Gasteiger charge is 2.07. The molecule has 2 aromatic heterocycles. The van der Waals surface area contributed by atoms with E-state index in [9.17, 15) is 0 Å². The highest BCUT2D eigenvalue weighted by Crippen LogP contribution is 2.21. The molecule has 0 saturated carbocycles. The molecular formula is C9H12N4O2. The fourth-order valence-corrected chi connectivity index (χ4v) is 1.27. The number of nitrogen functional groups attached to an aromatic ring is 1. The van der Waals surface area contributed by atoms with Crippen LogP contribution in [0.5, 0.6) is 5.88 Å². The normalized spacial score (nSPS) is 10.7. The van der Waals surface area contributed by atoms with E-state index in [4.69, 9.17) is 15.6 Å². The lowest BCUT2D eigenvalue weighted by molar-refractivity contribution is 0.231. The standard InChI is InChI=1S/C9H12N4O2/c10-9-12-7-6(2-3-11-7)8(13-9)15-5-1-4-14/h2-3,14H,1,4-5H2,(H3,10,11,12,13). The number of aromatic amines is 1. The molecule has 0 amide bonds. The third kappa shape index (κ3) is 1.99. The van der Waals surface area contributed by atoms with E-state index in [1.54, 1.807) is 6.20 Å². The Morgan fingerprint density at radius 1 is 1.47 bits per heavy atom. The molecule has 0 aliphatic carbocycles. The van der Waals surface area contributed by atoms with Gasteiger partial charge in [0.1, 0.15) is 5.65 Å². The molecule has 4 N–H and O–H groups in total. The first-order valence-electron chi connectivity index (χ1n) is 4.65. The highest BCUT2D eigenvalue weighted by atomic mass is 16.5. The lowest BCUT2D eigenvalue weighted by Crippen LogP contribution is -2.04. The van der Waals surface area contributed by atoms with Gasteiger partial charge in [-0.05, 0) is 6.07 Å². The fourth-order valence-electron chi connectivity index (χ4n) is 1.27. The number of rotatable bonds is 4. The maximum Gasteiger partial charge on any atom is 0.227 e.